The predicted molar refractivity (Wildman–Crippen MR) is 63.2 cm³/mol. The van der Waals surface area contributed by atoms with Crippen molar-refractivity contribution in [1.29, 1.82) is 0 Å². The molecule has 0 saturated carbocycles. The van der Waals surface area contributed by atoms with Crippen molar-refractivity contribution in [2.45, 2.75) is 25.9 Å². The Bertz CT molecular complexity index is 455. The number of carbonyl (C=O) groups excluding carboxylic acids is 1. The van der Waals surface area contributed by atoms with Crippen LogP contribution in [0.15, 0.2) is 16.7 Å². The molecule has 0 radical (unpaired) electrons. The van der Waals surface area contributed by atoms with Gasteiger partial charge in [-0.2, -0.15) is 0 Å². The van der Waals surface area contributed by atoms with Gasteiger partial charge in [-0.1, -0.05) is 0 Å². The Balaban J connectivity index is 1.93. The van der Waals surface area contributed by atoms with Crippen LogP contribution in [0.5, 0.6) is 0 Å². The van der Waals surface area contributed by atoms with E-state index in [0.717, 1.165) is 19.5 Å². The van der Waals surface area contributed by atoms with Gasteiger partial charge in [-0.15, -0.1) is 0 Å². The summed E-state index contributed by atoms with van der Waals surface area (Å²) in [7, 11) is 0. The average Bonchev–Trinajstić information content (AvgIpc) is 2.87. The van der Waals surface area contributed by atoms with E-state index in [1.807, 2.05) is 0 Å². The number of amides is 1. The first-order chi connectivity index (χ1) is 8.56. The Hall–Kier alpha value is -1.82. The van der Waals surface area contributed by atoms with E-state index < -0.39 is 5.97 Å². The second kappa shape index (κ2) is 5.22. The summed E-state index contributed by atoms with van der Waals surface area (Å²) in [6.45, 7) is 3.62. The van der Waals surface area contributed by atoms with Crippen LogP contribution in [0.2, 0.25) is 0 Å². The lowest BCUT2D eigenvalue weighted by atomic mass is 10.2. The SMILES string of the molecule is CC(=O)NC1CCN(Cc2ccoc2C(=O)O)C1. The molecule has 18 heavy (non-hydrogen) atoms. The molecule has 2 N–H and O–H groups in total. The Morgan fingerprint density at radius 2 is 2.39 bits per heavy atom. The van der Waals surface area contributed by atoms with E-state index in [-0.39, 0.29) is 17.7 Å². The summed E-state index contributed by atoms with van der Waals surface area (Å²) in [4.78, 5) is 24.0. The van der Waals surface area contributed by atoms with Crippen LogP contribution in [-0.2, 0) is 11.3 Å². The highest BCUT2D eigenvalue weighted by Crippen LogP contribution is 2.17. The topological polar surface area (TPSA) is 82.8 Å². The third-order valence-corrected chi connectivity index (χ3v) is 3.01. The summed E-state index contributed by atoms with van der Waals surface area (Å²) >= 11 is 0. The number of furan rings is 1. The van der Waals surface area contributed by atoms with Crippen LogP contribution in [0.1, 0.15) is 29.5 Å². The second-order valence-corrected chi connectivity index (χ2v) is 4.50. The average molecular weight is 252 g/mol. The van der Waals surface area contributed by atoms with Crippen LogP contribution in [0.25, 0.3) is 0 Å². The van der Waals surface area contributed by atoms with Gasteiger partial charge in [0.25, 0.3) is 0 Å². The Morgan fingerprint density at radius 1 is 1.61 bits per heavy atom. The smallest absolute Gasteiger partial charge is 0.372 e. The highest BCUT2D eigenvalue weighted by molar-refractivity contribution is 5.86. The number of hydrogen-bond donors (Lipinski definition) is 2. The van der Waals surface area contributed by atoms with Gasteiger partial charge in [0.1, 0.15) is 0 Å². The van der Waals surface area contributed by atoms with E-state index in [9.17, 15) is 9.59 Å². The number of nitrogens with zero attached hydrogens (tertiary/aromatic N) is 1. The summed E-state index contributed by atoms with van der Waals surface area (Å²) in [6, 6.07) is 1.83. The molecular weight excluding hydrogens is 236 g/mol. The molecular formula is C12H16N2O4. The molecule has 1 amide bonds. The van der Waals surface area contributed by atoms with E-state index in [0.29, 0.717) is 12.1 Å². The zero-order valence-electron chi connectivity index (χ0n) is 10.2. The summed E-state index contributed by atoms with van der Waals surface area (Å²) < 4.78 is 4.93. The van der Waals surface area contributed by atoms with Gasteiger partial charge in [0.2, 0.25) is 11.7 Å². The van der Waals surface area contributed by atoms with Crippen LogP contribution in [0.3, 0.4) is 0 Å². The first-order valence-corrected chi connectivity index (χ1v) is 5.85. The van der Waals surface area contributed by atoms with E-state index >= 15 is 0 Å². The molecule has 1 atom stereocenters. The van der Waals surface area contributed by atoms with E-state index in [2.05, 4.69) is 10.2 Å². The fraction of sp³-hybridized carbons (Fsp3) is 0.500. The molecule has 1 aliphatic heterocycles. The molecule has 6 nitrogen and oxygen atoms in total. The van der Waals surface area contributed by atoms with Crippen molar-refractivity contribution in [2.75, 3.05) is 13.1 Å². The van der Waals surface area contributed by atoms with Crippen LogP contribution >= 0.6 is 0 Å². The second-order valence-electron chi connectivity index (χ2n) is 4.50. The number of nitrogens with one attached hydrogen (secondary N) is 1. The van der Waals surface area contributed by atoms with Gasteiger partial charge in [0, 0.05) is 38.2 Å². The lowest BCUT2D eigenvalue weighted by Crippen LogP contribution is -2.35. The number of likely N-dealkylation sites (tertiary alicyclic amines) is 1. The van der Waals surface area contributed by atoms with Gasteiger partial charge in [0.05, 0.1) is 6.26 Å². The van der Waals surface area contributed by atoms with Gasteiger partial charge >= 0.3 is 5.97 Å². The molecule has 6 heteroatoms. The molecule has 0 bridgehead atoms. The van der Waals surface area contributed by atoms with Gasteiger partial charge in [0.15, 0.2) is 0 Å². The quantitative estimate of drug-likeness (QED) is 0.823. The third-order valence-electron chi connectivity index (χ3n) is 3.01. The van der Waals surface area contributed by atoms with Gasteiger partial charge < -0.3 is 14.8 Å². The molecule has 2 heterocycles. The normalized spacial score (nSPS) is 19.9. The summed E-state index contributed by atoms with van der Waals surface area (Å²) in [5.74, 6) is -1.08. The minimum Gasteiger partial charge on any atom is -0.475 e. The van der Waals surface area contributed by atoms with Crippen molar-refractivity contribution in [3.63, 3.8) is 0 Å². The number of carboxylic acids is 1. The van der Waals surface area contributed by atoms with Crippen molar-refractivity contribution in [1.82, 2.24) is 10.2 Å². The molecule has 1 saturated heterocycles. The highest BCUT2D eigenvalue weighted by Gasteiger charge is 2.25. The molecule has 0 aliphatic carbocycles. The number of aromatic carboxylic acids is 1. The molecule has 1 aliphatic rings. The van der Waals surface area contributed by atoms with Gasteiger partial charge in [-0.25, -0.2) is 4.79 Å². The number of rotatable bonds is 4. The maximum atomic E-state index is 10.9. The maximum Gasteiger partial charge on any atom is 0.372 e. The third kappa shape index (κ3) is 2.89. The summed E-state index contributed by atoms with van der Waals surface area (Å²) in [5, 5.41) is 11.8. The summed E-state index contributed by atoms with van der Waals surface area (Å²) in [5.41, 5.74) is 0.672. The first-order valence-electron chi connectivity index (χ1n) is 5.85. The zero-order chi connectivity index (χ0) is 13.1. The number of hydrogen-bond acceptors (Lipinski definition) is 4. The van der Waals surface area contributed by atoms with Crippen molar-refractivity contribution in [3.8, 4) is 0 Å². The van der Waals surface area contributed by atoms with Crippen LogP contribution in [-0.4, -0.2) is 41.0 Å². The molecule has 2 rings (SSSR count). The zero-order valence-corrected chi connectivity index (χ0v) is 10.2. The minimum atomic E-state index is -1.05. The molecule has 0 spiro atoms. The predicted octanol–water partition coefficient (Wildman–Crippen LogP) is 0.688. The van der Waals surface area contributed by atoms with Gasteiger partial charge in [-0.3, -0.25) is 9.69 Å². The van der Waals surface area contributed by atoms with Crippen molar-refractivity contribution in [2.24, 2.45) is 0 Å². The summed E-state index contributed by atoms with van der Waals surface area (Å²) in [6.07, 6.45) is 2.28. The standard InChI is InChI=1S/C12H16N2O4/c1-8(15)13-10-2-4-14(7-10)6-9-3-5-18-11(9)12(16)17/h3,5,10H,2,4,6-7H2,1H3,(H,13,15)(H,16,17). The Labute approximate surface area is 105 Å². The van der Waals surface area contributed by atoms with E-state index in [4.69, 9.17) is 9.52 Å². The van der Waals surface area contributed by atoms with E-state index in [1.165, 1.54) is 13.2 Å². The number of carboxylic acid groups (broad SMARTS) is 1. The van der Waals surface area contributed by atoms with Crippen LogP contribution < -0.4 is 5.32 Å². The Morgan fingerprint density at radius 3 is 3.06 bits per heavy atom. The molecule has 1 fully saturated rings. The minimum absolute atomic E-state index is 0.00187. The molecule has 98 valence electrons. The Kier molecular flexibility index (Phi) is 3.66. The molecule has 0 aromatic carbocycles. The molecule has 1 aromatic rings. The lowest BCUT2D eigenvalue weighted by Gasteiger charge is -2.15. The van der Waals surface area contributed by atoms with Crippen LogP contribution in [0, 0.1) is 0 Å². The van der Waals surface area contributed by atoms with Gasteiger partial charge in [-0.05, 0) is 12.5 Å². The highest BCUT2D eigenvalue weighted by atomic mass is 16.4. The maximum absolute atomic E-state index is 10.9. The fourth-order valence-electron chi connectivity index (χ4n) is 2.27. The van der Waals surface area contributed by atoms with Crippen molar-refractivity contribution in [3.05, 3.63) is 23.7 Å². The lowest BCUT2D eigenvalue weighted by molar-refractivity contribution is -0.119. The first kappa shape index (κ1) is 12.6. The largest absolute Gasteiger partial charge is 0.475 e. The van der Waals surface area contributed by atoms with Crippen molar-refractivity contribution >= 4 is 11.9 Å². The monoisotopic (exact) mass is 252 g/mol. The fourth-order valence-corrected chi connectivity index (χ4v) is 2.27. The molecule has 1 aromatic heterocycles. The number of carbonyl (C=O) groups is 2. The van der Waals surface area contributed by atoms with Crippen LogP contribution in [0.4, 0.5) is 0 Å². The molecule has 1 unspecified atom stereocenters. The van der Waals surface area contributed by atoms with Crippen molar-refractivity contribution < 1.29 is 19.1 Å². The van der Waals surface area contributed by atoms with E-state index in [1.54, 1.807) is 6.07 Å².